The van der Waals surface area contributed by atoms with Crippen LogP contribution < -0.4 is 5.73 Å². The molecule has 0 aliphatic heterocycles. The molecule has 0 bridgehead atoms. The third-order valence-corrected chi connectivity index (χ3v) is 3.60. The standard InChI is InChI=1S/C16H13FN2S/c17-14-6-2-1-4-11(14)10-19-9-8-12-13(16(18)20)5-3-7-15(12)19/h1-9H,10H2,(H2,18,20). The molecule has 0 aliphatic carbocycles. The van der Waals surface area contributed by atoms with Gasteiger partial charge >= 0.3 is 0 Å². The second kappa shape index (κ2) is 5.06. The minimum Gasteiger partial charge on any atom is -0.389 e. The Hall–Kier alpha value is -2.20. The predicted octanol–water partition coefficient (Wildman–Crippen LogP) is 3.46. The Balaban J connectivity index is 2.08. The maximum Gasteiger partial charge on any atom is 0.128 e. The van der Waals surface area contributed by atoms with Gasteiger partial charge in [-0.25, -0.2) is 4.39 Å². The van der Waals surface area contributed by atoms with Crippen molar-refractivity contribution in [2.75, 3.05) is 0 Å². The summed E-state index contributed by atoms with van der Waals surface area (Å²) in [6.07, 6.45) is 1.93. The summed E-state index contributed by atoms with van der Waals surface area (Å²) in [7, 11) is 0. The molecule has 0 radical (unpaired) electrons. The van der Waals surface area contributed by atoms with Crippen molar-refractivity contribution in [1.29, 1.82) is 0 Å². The Morgan fingerprint density at radius 3 is 2.65 bits per heavy atom. The van der Waals surface area contributed by atoms with Crippen LogP contribution in [0.25, 0.3) is 10.9 Å². The lowest BCUT2D eigenvalue weighted by Gasteiger charge is -2.08. The van der Waals surface area contributed by atoms with Crippen molar-refractivity contribution in [1.82, 2.24) is 4.57 Å². The van der Waals surface area contributed by atoms with E-state index in [1.165, 1.54) is 6.07 Å². The first-order valence-corrected chi connectivity index (χ1v) is 6.68. The molecule has 0 spiro atoms. The average Bonchev–Trinajstić information content (AvgIpc) is 2.84. The lowest BCUT2D eigenvalue weighted by atomic mass is 10.1. The molecule has 1 heterocycles. The van der Waals surface area contributed by atoms with Crippen molar-refractivity contribution in [3.05, 3.63) is 71.7 Å². The summed E-state index contributed by atoms with van der Waals surface area (Å²) in [5.41, 5.74) is 8.24. The molecule has 0 saturated carbocycles. The highest BCUT2D eigenvalue weighted by Gasteiger charge is 2.09. The number of nitrogens with zero attached hydrogens (tertiary/aromatic N) is 1. The van der Waals surface area contributed by atoms with Gasteiger partial charge in [-0.05, 0) is 18.2 Å². The van der Waals surface area contributed by atoms with Gasteiger partial charge in [0.05, 0.1) is 6.54 Å². The van der Waals surface area contributed by atoms with Crippen molar-refractivity contribution in [2.45, 2.75) is 6.54 Å². The monoisotopic (exact) mass is 284 g/mol. The molecule has 3 aromatic rings. The Labute approximate surface area is 121 Å². The lowest BCUT2D eigenvalue weighted by molar-refractivity contribution is 0.602. The third kappa shape index (κ3) is 2.18. The van der Waals surface area contributed by atoms with Crippen LogP contribution in [0.4, 0.5) is 4.39 Å². The molecule has 1 aromatic heterocycles. The van der Waals surface area contributed by atoms with E-state index in [-0.39, 0.29) is 5.82 Å². The molecule has 0 amide bonds. The quantitative estimate of drug-likeness (QED) is 0.747. The number of rotatable bonds is 3. The number of benzene rings is 2. The maximum atomic E-state index is 13.7. The SMILES string of the molecule is NC(=S)c1cccc2c1ccn2Cc1ccccc1F. The largest absolute Gasteiger partial charge is 0.389 e. The first-order valence-electron chi connectivity index (χ1n) is 6.28. The molecule has 4 heteroatoms. The second-order valence-corrected chi connectivity index (χ2v) is 5.08. The normalized spacial score (nSPS) is 10.8. The Kier molecular flexibility index (Phi) is 3.24. The summed E-state index contributed by atoms with van der Waals surface area (Å²) >= 11 is 5.06. The van der Waals surface area contributed by atoms with Crippen LogP contribution in [0, 0.1) is 5.82 Å². The molecule has 2 aromatic carbocycles. The summed E-state index contributed by atoms with van der Waals surface area (Å²) < 4.78 is 15.7. The lowest BCUT2D eigenvalue weighted by Crippen LogP contribution is -2.09. The van der Waals surface area contributed by atoms with Crippen LogP contribution in [0.3, 0.4) is 0 Å². The van der Waals surface area contributed by atoms with Crippen LogP contribution in [0.15, 0.2) is 54.7 Å². The summed E-state index contributed by atoms with van der Waals surface area (Å²) in [4.78, 5) is 0.374. The zero-order valence-electron chi connectivity index (χ0n) is 10.7. The molecule has 3 rings (SSSR count). The van der Waals surface area contributed by atoms with Gasteiger partial charge in [-0.15, -0.1) is 0 Å². The second-order valence-electron chi connectivity index (χ2n) is 4.64. The fourth-order valence-electron chi connectivity index (χ4n) is 2.39. The van der Waals surface area contributed by atoms with Gasteiger partial charge in [-0.2, -0.15) is 0 Å². The maximum absolute atomic E-state index is 13.7. The first-order chi connectivity index (χ1) is 9.66. The number of halogens is 1. The number of hydrogen-bond acceptors (Lipinski definition) is 1. The van der Waals surface area contributed by atoms with E-state index in [2.05, 4.69) is 0 Å². The van der Waals surface area contributed by atoms with Gasteiger partial charge in [-0.1, -0.05) is 42.5 Å². The highest BCUT2D eigenvalue weighted by atomic mass is 32.1. The fraction of sp³-hybridized carbons (Fsp3) is 0.0625. The van der Waals surface area contributed by atoms with E-state index in [1.54, 1.807) is 12.1 Å². The van der Waals surface area contributed by atoms with Crippen LogP contribution in [0.5, 0.6) is 0 Å². The fourth-order valence-corrected chi connectivity index (χ4v) is 2.56. The minimum absolute atomic E-state index is 0.195. The van der Waals surface area contributed by atoms with Gasteiger partial charge in [0.25, 0.3) is 0 Å². The summed E-state index contributed by atoms with van der Waals surface area (Å²) in [5.74, 6) is -0.195. The van der Waals surface area contributed by atoms with Crippen molar-refractivity contribution >= 4 is 28.1 Å². The number of hydrogen-bond donors (Lipinski definition) is 1. The topological polar surface area (TPSA) is 30.9 Å². The molecule has 2 N–H and O–H groups in total. The van der Waals surface area contributed by atoms with Crippen molar-refractivity contribution in [2.24, 2.45) is 5.73 Å². The van der Waals surface area contributed by atoms with Crippen molar-refractivity contribution in [3.8, 4) is 0 Å². The average molecular weight is 284 g/mol. The van der Waals surface area contributed by atoms with Crippen LogP contribution in [-0.2, 0) is 6.54 Å². The van der Waals surface area contributed by atoms with E-state index < -0.39 is 0 Å². The molecule has 0 aliphatic rings. The smallest absolute Gasteiger partial charge is 0.128 e. The molecular weight excluding hydrogens is 271 g/mol. The van der Waals surface area contributed by atoms with Crippen molar-refractivity contribution in [3.63, 3.8) is 0 Å². The van der Waals surface area contributed by atoms with Gasteiger partial charge in [-0.3, -0.25) is 0 Å². The molecule has 2 nitrogen and oxygen atoms in total. The zero-order chi connectivity index (χ0) is 14.1. The summed E-state index contributed by atoms with van der Waals surface area (Å²) in [6, 6.07) is 14.6. The Morgan fingerprint density at radius 1 is 1.10 bits per heavy atom. The third-order valence-electron chi connectivity index (χ3n) is 3.38. The van der Waals surface area contributed by atoms with E-state index >= 15 is 0 Å². The predicted molar refractivity (Wildman–Crippen MR) is 83.3 cm³/mol. The molecule has 0 saturated heterocycles. The van der Waals surface area contributed by atoms with Gasteiger partial charge in [0.15, 0.2) is 0 Å². The summed E-state index contributed by atoms with van der Waals surface area (Å²) in [6.45, 7) is 0.483. The molecule has 0 atom stereocenters. The number of nitrogens with two attached hydrogens (primary N) is 1. The molecule has 0 fully saturated rings. The van der Waals surface area contributed by atoms with E-state index in [1.807, 2.05) is 41.1 Å². The molecule has 20 heavy (non-hydrogen) atoms. The Bertz CT molecular complexity index is 792. The van der Waals surface area contributed by atoms with E-state index in [0.717, 1.165) is 16.5 Å². The number of aromatic nitrogens is 1. The number of fused-ring (bicyclic) bond motifs is 1. The van der Waals surface area contributed by atoms with Crippen LogP contribution >= 0.6 is 12.2 Å². The van der Waals surface area contributed by atoms with Crippen LogP contribution in [-0.4, -0.2) is 9.56 Å². The molecule has 100 valence electrons. The number of thiocarbonyl (C=S) groups is 1. The molecule has 0 unspecified atom stereocenters. The highest BCUT2D eigenvalue weighted by molar-refractivity contribution is 7.80. The van der Waals surface area contributed by atoms with E-state index in [9.17, 15) is 4.39 Å². The van der Waals surface area contributed by atoms with E-state index in [4.69, 9.17) is 18.0 Å². The van der Waals surface area contributed by atoms with Crippen LogP contribution in [0.1, 0.15) is 11.1 Å². The molecular formula is C16H13FN2S. The van der Waals surface area contributed by atoms with E-state index in [0.29, 0.717) is 17.1 Å². The zero-order valence-corrected chi connectivity index (χ0v) is 11.5. The van der Waals surface area contributed by atoms with Crippen LogP contribution in [0.2, 0.25) is 0 Å². The first kappa shape index (κ1) is 12.8. The van der Waals surface area contributed by atoms with Gasteiger partial charge < -0.3 is 10.3 Å². The minimum atomic E-state index is -0.195. The summed E-state index contributed by atoms with van der Waals surface area (Å²) in [5, 5.41) is 0.997. The van der Waals surface area contributed by atoms with Gasteiger partial charge in [0, 0.05) is 28.2 Å². The van der Waals surface area contributed by atoms with Gasteiger partial charge in [0.1, 0.15) is 10.8 Å². The Morgan fingerprint density at radius 2 is 1.90 bits per heavy atom. The highest BCUT2D eigenvalue weighted by Crippen LogP contribution is 2.22. The van der Waals surface area contributed by atoms with Gasteiger partial charge in [0.2, 0.25) is 0 Å². The van der Waals surface area contributed by atoms with Crippen molar-refractivity contribution < 1.29 is 4.39 Å².